The van der Waals surface area contributed by atoms with Crippen LogP contribution < -0.4 is 0 Å². The summed E-state index contributed by atoms with van der Waals surface area (Å²) in [5.41, 5.74) is 0.999. The van der Waals surface area contributed by atoms with E-state index in [1.54, 1.807) is 12.1 Å². The predicted octanol–water partition coefficient (Wildman–Crippen LogP) is 3.07. The second kappa shape index (κ2) is 5.99. The number of hydrogen-bond acceptors (Lipinski definition) is 2. The van der Waals surface area contributed by atoms with Crippen molar-refractivity contribution in [3.05, 3.63) is 33.8 Å². The van der Waals surface area contributed by atoms with Crippen molar-refractivity contribution in [3.8, 4) is 0 Å². The van der Waals surface area contributed by atoms with Crippen molar-refractivity contribution >= 4 is 29.3 Å². The van der Waals surface area contributed by atoms with E-state index in [2.05, 4.69) is 0 Å². The molecule has 1 saturated heterocycles. The Morgan fingerprint density at radius 3 is 2.68 bits per heavy atom. The van der Waals surface area contributed by atoms with Gasteiger partial charge in [-0.1, -0.05) is 29.3 Å². The highest BCUT2D eigenvalue weighted by Crippen LogP contribution is 2.35. The fraction of sp³-hybridized carbons (Fsp3) is 0.462. The van der Waals surface area contributed by atoms with E-state index >= 15 is 0 Å². The van der Waals surface area contributed by atoms with Crippen LogP contribution in [0.1, 0.15) is 17.9 Å². The lowest BCUT2D eigenvalue weighted by atomic mass is 9.81. The molecule has 2 atom stereocenters. The minimum absolute atomic E-state index is 0.0469. The summed E-state index contributed by atoms with van der Waals surface area (Å²) in [6.07, 6.45) is -0.263. The zero-order chi connectivity index (χ0) is 14.0. The topological polar surface area (TPSA) is 60.8 Å². The Labute approximate surface area is 121 Å². The molecule has 0 radical (unpaired) electrons. The number of benzene rings is 1. The van der Waals surface area contributed by atoms with Crippen molar-refractivity contribution < 1.29 is 15.0 Å². The van der Waals surface area contributed by atoms with Crippen LogP contribution in [-0.2, 0) is 0 Å². The van der Waals surface area contributed by atoms with Gasteiger partial charge in [0.15, 0.2) is 0 Å². The van der Waals surface area contributed by atoms with Crippen molar-refractivity contribution in [2.24, 2.45) is 5.92 Å². The summed E-state index contributed by atoms with van der Waals surface area (Å²) in [7, 11) is 0. The van der Waals surface area contributed by atoms with E-state index in [0.29, 0.717) is 29.6 Å². The SMILES string of the molecule is O=C(O)N1CC[C@@H](c2ccc(Cl)c(Cl)c2)[C@H](CO)C1. The molecule has 0 aromatic heterocycles. The van der Waals surface area contributed by atoms with Crippen LogP contribution in [0.4, 0.5) is 4.79 Å². The Morgan fingerprint density at radius 1 is 1.37 bits per heavy atom. The molecule has 1 aliphatic heterocycles. The van der Waals surface area contributed by atoms with E-state index in [1.165, 1.54) is 4.90 Å². The lowest BCUT2D eigenvalue weighted by Crippen LogP contribution is -2.43. The summed E-state index contributed by atoms with van der Waals surface area (Å²) in [5, 5.41) is 19.4. The molecular weight excluding hydrogens is 289 g/mol. The molecule has 4 nitrogen and oxygen atoms in total. The molecule has 1 amide bonds. The van der Waals surface area contributed by atoms with Gasteiger partial charge in [-0.2, -0.15) is 0 Å². The minimum Gasteiger partial charge on any atom is -0.465 e. The average molecular weight is 304 g/mol. The van der Waals surface area contributed by atoms with Crippen molar-refractivity contribution in [1.29, 1.82) is 0 Å². The summed E-state index contributed by atoms with van der Waals surface area (Å²) in [6, 6.07) is 5.42. The normalized spacial score (nSPS) is 23.4. The van der Waals surface area contributed by atoms with Gasteiger partial charge in [-0.3, -0.25) is 0 Å². The van der Waals surface area contributed by atoms with Crippen molar-refractivity contribution in [2.45, 2.75) is 12.3 Å². The number of aliphatic hydroxyl groups excluding tert-OH is 1. The Hall–Kier alpha value is -0.970. The molecule has 19 heavy (non-hydrogen) atoms. The number of halogens is 2. The van der Waals surface area contributed by atoms with Crippen molar-refractivity contribution in [2.75, 3.05) is 19.7 Å². The molecule has 0 unspecified atom stereocenters. The third kappa shape index (κ3) is 3.14. The number of likely N-dealkylation sites (tertiary alicyclic amines) is 1. The van der Waals surface area contributed by atoms with Gasteiger partial charge in [0.25, 0.3) is 0 Å². The zero-order valence-electron chi connectivity index (χ0n) is 10.2. The van der Waals surface area contributed by atoms with Gasteiger partial charge in [-0.05, 0) is 30.0 Å². The van der Waals surface area contributed by atoms with Crippen molar-refractivity contribution in [1.82, 2.24) is 4.90 Å². The number of hydrogen-bond donors (Lipinski definition) is 2. The fourth-order valence-corrected chi connectivity index (χ4v) is 2.88. The number of piperidine rings is 1. The average Bonchev–Trinajstić information content (AvgIpc) is 2.41. The first-order chi connectivity index (χ1) is 9.02. The van der Waals surface area contributed by atoms with Crippen LogP contribution in [0.2, 0.25) is 10.0 Å². The Bertz CT molecular complexity index is 481. The Balaban J connectivity index is 2.19. The van der Waals surface area contributed by atoms with Crippen LogP contribution in [0, 0.1) is 5.92 Å². The van der Waals surface area contributed by atoms with E-state index in [4.69, 9.17) is 28.3 Å². The molecule has 0 saturated carbocycles. The first-order valence-corrected chi connectivity index (χ1v) is 6.82. The van der Waals surface area contributed by atoms with E-state index in [0.717, 1.165) is 5.56 Å². The maximum absolute atomic E-state index is 11.0. The predicted molar refractivity (Wildman–Crippen MR) is 74.0 cm³/mol. The maximum atomic E-state index is 11.0. The van der Waals surface area contributed by atoms with Gasteiger partial charge in [0.05, 0.1) is 10.0 Å². The van der Waals surface area contributed by atoms with Crippen LogP contribution in [0.15, 0.2) is 18.2 Å². The molecule has 0 aliphatic carbocycles. The fourth-order valence-electron chi connectivity index (χ4n) is 2.57. The lowest BCUT2D eigenvalue weighted by molar-refractivity contribution is 0.0886. The zero-order valence-corrected chi connectivity index (χ0v) is 11.7. The quantitative estimate of drug-likeness (QED) is 0.882. The molecular formula is C13H15Cl2NO3. The molecule has 1 fully saturated rings. The highest BCUT2D eigenvalue weighted by atomic mass is 35.5. The summed E-state index contributed by atoms with van der Waals surface area (Å²) in [4.78, 5) is 12.3. The number of carboxylic acid groups (broad SMARTS) is 1. The molecule has 2 N–H and O–H groups in total. The molecule has 1 aliphatic rings. The summed E-state index contributed by atoms with van der Waals surface area (Å²) in [6.45, 7) is 0.766. The van der Waals surface area contributed by atoms with Crippen LogP contribution in [0.5, 0.6) is 0 Å². The van der Waals surface area contributed by atoms with E-state index < -0.39 is 6.09 Å². The minimum atomic E-state index is -0.939. The first kappa shape index (κ1) is 14.4. The van der Waals surface area contributed by atoms with Crippen molar-refractivity contribution in [3.63, 3.8) is 0 Å². The number of amides is 1. The Kier molecular flexibility index (Phi) is 4.55. The monoisotopic (exact) mass is 303 g/mol. The third-order valence-corrected chi connectivity index (χ3v) is 4.35. The molecule has 0 spiro atoms. The van der Waals surface area contributed by atoms with Crippen LogP contribution in [-0.4, -0.2) is 40.9 Å². The molecule has 6 heteroatoms. The van der Waals surface area contributed by atoms with Gasteiger partial charge >= 0.3 is 6.09 Å². The smallest absolute Gasteiger partial charge is 0.407 e. The summed E-state index contributed by atoms with van der Waals surface area (Å²) >= 11 is 11.9. The second-order valence-corrected chi connectivity index (χ2v) is 5.55. The van der Waals surface area contributed by atoms with E-state index in [-0.39, 0.29) is 18.4 Å². The van der Waals surface area contributed by atoms with E-state index in [1.807, 2.05) is 6.07 Å². The molecule has 1 heterocycles. The molecule has 2 rings (SSSR count). The number of rotatable bonds is 2. The number of nitrogens with zero attached hydrogens (tertiary/aromatic N) is 1. The third-order valence-electron chi connectivity index (χ3n) is 3.61. The molecule has 1 aromatic rings. The van der Waals surface area contributed by atoms with E-state index in [9.17, 15) is 9.90 Å². The maximum Gasteiger partial charge on any atom is 0.407 e. The van der Waals surface area contributed by atoms with Gasteiger partial charge in [0.1, 0.15) is 0 Å². The standard InChI is InChI=1S/C13H15Cl2NO3/c14-11-2-1-8(5-12(11)15)10-3-4-16(13(18)19)6-9(10)7-17/h1-2,5,9-10,17H,3-4,6-7H2,(H,18,19)/t9-,10-/m0/s1. The largest absolute Gasteiger partial charge is 0.465 e. The number of aliphatic hydroxyl groups is 1. The molecule has 1 aromatic carbocycles. The van der Waals surface area contributed by atoms with Gasteiger partial charge in [0, 0.05) is 25.6 Å². The Morgan fingerprint density at radius 2 is 2.11 bits per heavy atom. The molecule has 0 bridgehead atoms. The molecule has 104 valence electrons. The number of carbonyl (C=O) groups is 1. The summed E-state index contributed by atoms with van der Waals surface area (Å²) in [5.74, 6) is -0.00235. The van der Waals surface area contributed by atoms with Crippen LogP contribution in [0.3, 0.4) is 0 Å². The summed E-state index contributed by atoms with van der Waals surface area (Å²) < 4.78 is 0. The highest BCUT2D eigenvalue weighted by Gasteiger charge is 2.32. The lowest BCUT2D eigenvalue weighted by Gasteiger charge is -2.36. The van der Waals surface area contributed by atoms with Gasteiger partial charge in [-0.25, -0.2) is 4.79 Å². The van der Waals surface area contributed by atoms with Crippen LogP contribution in [0.25, 0.3) is 0 Å². The second-order valence-electron chi connectivity index (χ2n) is 4.74. The van der Waals surface area contributed by atoms with Gasteiger partial charge < -0.3 is 15.1 Å². The first-order valence-electron chi connectivity index (χ1n) is 6.06. The highest BCUT2D eigenvalue weighted by molar-refractivity contribution is 6.42. The van der Waals surface area contributed by atoms with Crippen LogP contribution >= 0.6 is 23.2 Å². The van der Waals surface area contributed by atoms with Gasteiger partial charge in [0.2, 0.25) is 0 Å². The van der Waals surface area contributed by atoms with Gasteiger partial charge in [-0.15, -0.1) is 0 Å².